The van der Waals surface area contributed by atoms with Crippen molar-refractivity contribution in [2.75, 3.05) is 6.54 Å². The zero-order valence-electron chi connectivity index (χ0n) is 12.2. The van der Waals surface area contributed by atoms with Gasteiger partial charge in [-0.2, -0.15) is 0 Å². The molecule has 0 aliphatic heterocycles. The molecule has 1 amide bonds. The first kappa shape index (κ1) is 13.9. The van der Waals surface area contributed by atoms with Crippen molar-refractivity contribution in [3.63, 3.8) is 0 Å². The molecule has 0 radical (unpaired) electrons. The van der Waals surface area contributed by atoms with Gasteiger partial charge in [0.1, 0.15) is 5.65 Å². The molecule has 0 fully saturated rings. The maximum atomic E-state index is 12.0. The predicted molar refractivity (Wildman–Crippen MR) is 83.1 cm³/mol. The van der Waals surface area contributed by atoms with Crippen LogP contribution in [0.15, 0.2) is 42.2 Å². The Morgan fingerprint density at radius 3 is 3.10 bits per heavy atom. The zero-order chi connectivity index (χ0) is 14.5. The number of carbonyl (C=O) groups is 1. The van der Waals surface area contributed by atoms with E-state index in [1.165, 1.54) is 31.3 Å². The smallest absolute Gasteiger partial charge is 0.226 e. The number of nitrogens with one attached hydrogen (secondary N) is 1. The van der Waals surface area contributed by atoms with E-state index in [2.05, 4.69) is 16.4 Å². The van der Waals surface area contributed by atoms with Gasteiger partial charge in [-0.1, -0.05) is 17.7 Å². The number of amides is 1. The van der Waals surface area contributed by atoms with Crippen LogP contribution >= 0.6 is 0 Å². The third kappa shape index (κ3) is 3.72. The largest absolute Gasteiger partial charge is 0.355 e. The van der Waals surface area contributed by atoms with E-state index >= 15 is 0 Å². The summed E-state index contributed by atoms with van der Waals surface area (Å²) in [5.74, 6) is 0.0508. The van der Waals surface area contributed by atoms with Gasteiger partial charge in [0.05, 0.1) is 12.1 Å². The third-order valence-electron chi connectivity index (χ3n) is 3.91. The summed E-state index contributed by atoms with van der Waals surface area (Å²) >= 11 is 0. The average Bonchev–Trinajstić information content (AvgIpc) is 2.90. The monoisotopic (exact) mass is 283 g/mol. The van der Waals surface area contributed by atoms with Gasteiger partial charge in [0.25, 0.3) is 0 Å². The Labute approximate surface area is 124 Å². The van der Waals surface area contributed by atoms with Crippen LogP contribution in [0.2, 0.25) is 0 Å². The molecule has 0 saturated carbocycles. The number of hydrogen-bond acceptors (Lipinski definition) is 2. The van der Waals surface area contributed by atoms with Crippen LogP contribution in [0.1, 0.15) is 37.8 Å². The van der Waals surface area contributed by atoms with E-state index in [4.69, 9.17) is 0 Å². The zero-order valence-corrected chi connectivity index (χ0v) is 12.2. The van der Waals surface area contributed by atoms with Gasteiger partial charge in [0.2, 0.25) is 5.91 Å². The van der Waals surface area contributed by atoms with Crippen molar-refractivity contribution in [3.05, 3.63) is 47.9 Å². The number of rotatable bonds is 5. The molecule has 0 bridgehead atoms. The van der Waals surface area contributed by atoms with Crippen LogP contribution < -0.4 is 5.32 Å². The summed E-state index contributed by atoms with van der Waals surface area (Å²) in [7, 11) is 0. The number of hydrogen-bond donors (Lipinski definition) is 1. The molecule has 4 nitrogen and oxygen atoms in total. The maximum Gasteiger partial charge on any atom is 0.226 e. The normalized spacial score (nSPS) is 15.0. The lowest BCUT2D eigenvalue weighted by atomic mass is 9.97. The van der Waals surface area contributed by atoms with Gasteiger partial charge in [-0.05, 0) is 44.2 Å². The topological polar surface area (TPSA) is 46.4 Å². The number of pyridine rings is 1. The lowest BCUT2D eigenvalue weighted by Crippen LogP contribution is -2.26. The maximum absolute atomic E-state index is 12.0. The lowest BCUT2D eigenvalue weighted by molar-refractivity contribution is -0.120. The SMILES string of the molecule is O=C(Cc1cn2ccccc2n1)NCCC1=CCCCC1. The summed E-state index contributed by atoms with van der Waals surface area (Å²) in [6, 6.07) is 5.84. The molecule has 3 rings (SSSR count). The van der Waals surface area contributed by atoms with Crippen molar-refractivity contribution in [1.29, 1.82) is 0 Å². The van der Waals surface area contributed by atoms with Crippen molar-refractivity contribution < 1.29 is 4.79 Å². The number of fused-ring (bicyclic) bond motifs is 1. The second-order valence-electron chi connectivity index (χ2n) is 5.58. The van der Waals surface area contributed by atoms with Gasteiger partial charge < -0.3 is 9.72 Å². The van der Waals surface area contributed by atoms with Crippen LogP contribution in [0.3, 0.4) is 0 Å². The fraction of sp³-hybridized carbons (Fsp3) is 0.412. The molecule has 21 heavy (non-hydrogen) atoms. The Morgan fingerprint density at radius 1 is 1.33 bits per heavy atom. The quantitative estimate of drug-likeness (QED) is 0.858. The number of carbonyl (C=O) groups excluding carboxylic acids is 1. The summed E-state index contributed by atoms with van der Waals surface area (Å²) in [5.41, 5.74) is 3.19. The lowest BCUT2D eigenvalue weighted by Gasteiger charge is -2.12. The molecule has 0 saturated heterocycles. The Bertz CT molecular complexity index is 624. The van der Waals surface area contributed by atoms with Gasteiger partial charge in [-0.15, -0.1) is 0 Å². The van der Waals surface area contributed by atoms with Crippen LogP contribution in [0.5, 0.6) is 0 Å². The fourth-order valence-corrected chi connectivity index (χ4v) is 2.79. The van der Waals surface area contributed by atoms with Crippen LogP contribution in [-0.4, -0.2) is 21.8 Å². The standard InChI is InChI=1S/C17H21N3O/c21-17(18-10-9-14-6-2-1-3-7-14)12-15-13-20-11-5-4-8-16(20)19-15/h4-6,8,11,13H,1-3,7,9-10,12H2,(H,18,21). The highest BCUT2D eigenvalue weighted by Gasteiger charge is 2.08. The number of aromatic nitrogens is 2. The van der Waals surface area contributed by atoms with Crippen molar-refractivity contribution in [2.45, 2.75) is 38.5 Å². The van der Waals surface area contributed by atoms with E-state index in [9.17, 15) is 4.79 Å². The minimum Gasteiger partial charge on any atom is -0.355 e. The van der Waals surface area contributed by atoms with Crippen molar-refractivity contribution in [3.8, 4) is 0 Å². The molecular weight excluding hydrogens is 262 g/mol. The first-order valence-electron chi connectivity index (χ1n) is 7.68. The highest BCUT2D eigenvalue weighted by molar-refractivity contribution is 5.78. The molecule has 0 aromatic carbocycles. The second-order valence-corrected chi connectivity index (χ2v) is 5.58. The van der Waals surface area contributed by atoms with E-state index < -0.39 is 0 Å². The predicted octanol–water partition coefficient (Wildman–Crippen LogP) is 2.88. The summed E-state index contributed by atoms with van der Waals surface area (Å²) in [5, 5.41) is 2.99. The first-order valence-corrected chi connectivity index (χ1v) is 7.68. The summed E-state index contributed by atoms with van der Waals surface area (Å²) in [4.78, 5) is 16.4. The molecule has 1 N–H and O–H groups in total. The van der Waals surface area contributed by atoms with Crippen LogP contribution in [0.4, 0.5) is 0 Å². The molecule has 0 atom stereocenters. The van der Waals surface area contributed by atoms with Gasteiger partial charge in [0.15, 0.2) is 0 Å². The number of allylic oxidation sites excluding steroid dienone is 1. The number of nitrogens with zero attached hydrogens (tertiary/aromatic N) is 2. The summed E-state index contributed by atoms with van der Waals surface area (Å²) in [6.07, 6.45) is 12.5. The molecule has 4 heteroatoms. The molecule has 2 aromatic heterocycles. The minimum absolute atomic E-state index is 0.0508. The van der Waals surface area contributed by atoms with Crippen molar-refractivity contribution in [1.82, 2.24) is 14.7 Å². The van der Waals surface area contributed by atoms with Crippen molar-refractivity contribution >= 4 is 11.6 Å². The second kappa shape index (κ2) is 6.57. The molecule has 2 heterocycles. The van der Waals surface area contributed by atoms with E-state index in [-0.39, 0.29) is 5.91 Å². The molecular formula is C17H21N3O. The van der Waals surface area contributed by atoms with E-state index in [0.717, 1.165) is 24.3 Å². The van der Waals surface area contributed by atoms with Crippen LogP contribution in [0, 0.1) is 0 Å². The minimum atomic E-state index is 0.0508. The highest BCUT2D eigenvalue weighted by atomic mass is 16.1. The van der Waals surface area contributed by atoms with Crippen LogP contribution in [-0.2, 0) is 11.2 Å². The number of imidazole rings is 1. The van der Waals surface area contributed by atoms with Gasteiger partial charge in [0, 0.05) is 18.9 Å². The fourth-order valence-electron chi connectivity index (χ4n) is 2.79. The van der Waals surface area contributed by atoms with Crippen LogP contribution in [0.25, 0.3) is 5.65 Å². The first-order chi connectivity index (χ1) is 10.3. The van der Waals surface area contributed by atoms with E-state index in [1.54, 1.807) is 0 Å². The Kier molecular flexibility index (Phi) is 4.34. The molecule has 0 spiro atoms. The summed E-state index contributed by atoms with van der Waals surface area (Å²) < 4.78 is 1.94. The van der Waals surface area contributed by atoms with E-state index in [1.807, 2.05) is 35.0 Å². The molecule has 0 unspecified atom stereocenters. The molecule has 2 aromatic rings. The Balaban J connectivity index is 1.48. The van der Waals surface area contributed by atoms with E-state index in [0.29, 0.717) is 6.42 Å². The highest BCUT2D eigenvalue weighted by Crippen LogP contribution is 2.19. The average molecular weight is 283 g/mol. The van der Waals surface area contributed by atoms with Crippen molar-refractivity contribution in [2.24, 2.45) is 0 Å². The molecule has 1 aliphatic rings. The van der Waals surface area contributed by atoms with Gasteiger partial charge in [-0.25, -0.2) is 4.98 Å². The Hall–Kier alpha value is -2.10. The van der Waals surface area contributed by atoms with Gasteiger partial charge >= 0.3 is 0 Å². The Morgan fingerprint density at radius 2 is 2.29 bits per heavy atom. The molecule has 1 aliphatic carbocycles. The van der Waals surface area contributed by atoms with Gasteiger partial charge in [-0.3, -0.25) is 4.79 Å². The third-order valence-corrected chi connectivity index (χ3v) is 3.91. The summed E-state index contributed by atoms with van der Waals surface area (Å²) in [6.45, 7) is 0.734. The molecule has 110 valence electrons.